The molecule has 1 atom stereocenters. The van der Waals surface area contributed by atoms with Gasteiger partial charge in [0.25, 0.3) is 0 Å². The van der Waals surface area contributed by atoms with Gasteiger partial charge in [-0.25, -0.2) is 4.58 Å². The van der Waals surface area contributed by atoms with Crippen LogP contribution in [0.3, 0.4) is 0 Å². The van der Waals surface area contributed by atoms with Crippen LogP contribution in [0.5, 0.6) is 0 Å². The molecule has 206 valence electrons. The Labute approximate surface area is 240 Å². The summed E-state index contributed by atoms with van der Waals surface area (Å²) in [4.78, 5) is 25.8. The van der Waals surface area contributed by atoms with Crippen molar-refractivity contribution in [3.05, 3.63) is 88.2 Å². The number of carboxylic acids is 2. The molecule has 0 saturated carbocycles. The van der Waals surface area contributed by atoms with Crippen molar-refractivity contribution in [1.82, 2.24) is 0 Å². The van der Waals surface area contributed by atoms with Crippen molar-refractivity contribution in [1.29, 1.82) is 0 Å². The summed E-state index contributed by atoms with van der Waals surface area (Å²) in [6.45, 7) is 6.68. The van der Waals surface area contributed by atoms with E-state index in [0.29, 0.717) is 5.56 Å². The number of carbonyl (C=O) groups is 2. The summed E-state index contributed by atoms with van der Waals surface area (Å²) in [5.41, 5.74) is 6.59. The Morgan fingerprint density at radius 2 is 1.88 bits per heavy atom. The highest BCUT2D eigenvalue weighted by atomic mass is 32.2. The summed E-state index contributed by atoms with van der Waals surface area (Å²) in [7, 11) is -2.30. The van der Waals surface area contributed by atoms with Gasteiger partial charge in [0, 0.05) is 36.5 Å². The van der Waals surface area contributed by atoms with E-state index < -0.39 is 20.0 Å². The highest BCUT2D eigenvalue weighted by molar-refractivity contribution is 7.99. The molecule has 0 spiro atoms. The summed E-state index contributed by atoms with van der Waals surface area (Å²) in [5, 5.41) is 24.1. The third-order valence-corrected chi connectivity index (χ3v) is 14.4. The topological polar surface area (TPSA) is 83.7 Å². The van der Waals surface area contributed by atoms with Gasteiger partial charge >= 0.3 is 5.97 Å². The van der Waals surface area contributed by atoms with Gasteiger partial charge in [-0.05, 0) is 75.5 Å². The van der Waals surface area contributed by atoms with Crippen LogP contribution >= 0.6 is 11.8 Å². The second-order valence-electron chi connectivity index (χ2n) is 11.2. The fourth-order valence-corrected chi connectivity index (χ4v) is 11.5. The quantitative estimate of drug-likeness (QED) is 0.283. The molecule has 3 aliphatic heterocycles. The third kappa shape index (κ3) is 4.77. The monoisotopic (exact) mass is 570 g/mol. The van der Waals surface area contributed by atoms with E-state index in [2.05, 4.69) is 52.4 Å². The molecular weight excluding hydrogens is 537 g/mol. The lowest BCUT2D eigenvalue weighted by Crippen LogP contribution is -2.53. The van der Waals surface area contributed by atoms with Gasteiger partial charge in [-0.15, -0.1) is 0 Å². The van der Waals surface area contributed by atoms with Gasteiger partial charge < -0.3 is 19.9 Å². The molecule has 6 nitrogen and oxygen atoms in total. The van der Waals surface area contributed by atoms with Crippen LogP contribution in [0.25, 0.3) is 5.57 Å². The number of hydrogen-bond donors (Lipinski definition) is 1. The maximum Gasteiger partial charge on any atom is 0.313 e. The number of hydrogen-bond acceptors (Lipinski definition) is 5. The minimum Gasteiger partial charge on any atom is -0.545 e. The Kier molecular flexibility index (Phi) is 7.31. The summed E-state index contributed by atoms with van der Waals surface area (Å²) in [6.07, 6.45) is 10.1. The second kappa shape index (κ2) is 10.9. The zero-order valence-electron chi connectivity index (χ0n) is 22.8. The summed E-state index contributed by atoms with van der Waals surface area (Å²) in [6, 6.07) is 15.0. The molecule has 1 aliphatic carbocycles. The number of rotatable bonds is 9. The van der Waals surface area contributed by atoms with Crippen molar-refractivity contribution >= 4 is 53.9 Å². The first kappa shape index (κ1) is 26.8. The molecule has 6 rings (SSSR count). The van der Waals surface area contributed by atoms with Crippen LogP contribution in [0.1, 0.15) is 40.7 Å². The van der Waals surface area contributed by atoms with Crippen LogP contribution in [-0.2, 0) is 4.79 Å². The zero-order valence-corrected chi connectivity index (χ0v) is 24.6. The van der Waals surface area contributed by atoms with Gasteiger partial charge in [0.1, 0.15) is 21.2 Å². The molecule has 0 bridgehead atoms. The number of fused-ring (bicyclic) bond motifs is 2. The van der Waals surface area contributed by atoms with Gasteiger partial charge in [0.05, 0.1) is 18.1 Å². The average Bonchev–Trinajstić information content (AvgIpc) is 2.87. The van der Waals surface area contributed by atoms with Crippen molar-refractivity contribution < 1.29 is 24.4 Å². The van der Waals surface area contributed by atoms with Gasteiger partial charge in [0.15, 0.2) is 5.71 Å². The van der Waals surface area contributed by atoms with Gasteiger partial charge in [-0.3, -0.25) is 4.79 Å². The Bertz CT molecular complexity index is 1510. The maximum atomic E-state index is 12.3. The lowest BCUT2D eigenvalue weighted by Gasteiger charge is -2.42. The number of thioether (sulfide) groups is 1. The van der Waals surface area contributed by atoms with E-state index in [0.717, 1.165) is 61.1 Å². The lowest BCUT2D eigenvalue weighted by atomic mass is 9.87. The normalized spacial score (nSPS) is 21.3. The smallest absolute Gasteiger partial charge is 0.313 e. The van der Waals surface area contributed by atoms with Crippen LogP contribution in [0.15, 0.2) is 71.5 Å². The molecule has 0 unspecified atom stereocenters. The highest BCUT2D eigenvalue weighted by Crippen LogP contribution is 2.44. The molecule has 0 amide bonds. The summed E-state index contributed by atoms with van der Waals surface area (Å²) in [5.74, 6) is -1.00. The zero-order chi connectivity index (χ0) is 27.9. The van der Waals surface area contributed by atoms with E-state index in [-0.39, 0.29) is 11.3 Å². The van der Waals surface area contributed by atoms with Gasteiger partial charge in [-0.2, -0.15) is 11.8 Å². The first-order valence-electron chi connectivity index (χ1n) is 14.1. The molecular formula is C32H34N2O4SSi. The van der Waals surface area contributed by atoms with E-state index in [1.165, 1.54) is 46.4 Å². The van der Waals surface area contributed by atoms with Crippen LogP contribution in [0.4, 0.5) is 5.69 Å². The largest absolute Gasteiger partial charge is 0.545 e. The molecule has 2 aromatic rings. The Morgan fingerprint density at radius 1 is 1.07 bits per heavy atom. The molecule has 2 aromatic carbocycles. The lowest BCUT2D eigenvalue weighted by molar-refractivity contribution is -0.582. The number of carboxylic acid groups (broad SMARTS) is 2. The minimum atomic E-state index is -2.30. The fraction of sp³-hybridized carbons (Fsp3) is 0.344. The Morgan fingerprint density at radius 3 is 2.55 bits per heavy atom. The maximum absolute atomic E-state index is 12.3. The average molecular weight is 571 g/mol. The number of anilines is 1. The van der Waals surface area contributed by atoms with Crippen LogP contribution < -0.4 is 15.2 Å². The van der Waals surface area contributed by atoms with Crippen LogP contribution in [0.2, 0.25) is 12.6 Å². The van der Waals surface area contributed by atoms with Crippen LogP contribution in [-0.4, -0.2) is 73.1 Å². The van der Waals surface area contributed by atoms with E-state index in [1.54, 1.807) is 12.1 Å². The molecule has 3 heterocycles. The van der Waals surface area contributed by atoms with Gasteiger partial charge in [-0.1, -0.05) is 36.9 Å². The van der Waals surface area contributed by atoms with Crippen molar-refractivity contribution in [2.45, 2.75) is 31.9 Å². The van der Waals surface area contributed by atoms with E-state index in [4.69, 9.17) is 5.11 Å². The Hall–Kier alpha value is -3.36. The second-order valence-corrected chi connectivity index (χ2v) is 16.6. The fourth-order valence-electron chi connectivity index (χ4n) is 6.37. The molecule has 8 heteroatoms. The van der Waals surface area contributed by atoms with Crippen LogP contribution in [0, 0.1) is 0 Å². The van der Waals surface area contributed by atoms with E-state index in [9.17, 15) is 14.7 Å². The minimum absolute atomic E-state index is 0.127. The summed E-state index contributed by atoms with van der Waals surface area (Å²) >= 11 is 1.48. The SMILES string of the molecule is C[Si@@]1(CCCSCC(=O)O)C2=CC(=[N+]3CCC3)C=CC2=C(c2ccccc2C(=O)[O-])c2ccc(N3CCC3)cc21. The van der Waals surface area contributed by atoms with Crippen molar-refractivity contribution in [3.8, 4) is 0 Å². The Balaban J connectivity index is 1.55. The van der Waals surface area contributed by atoms with Crippen molar-refractivity contribution in [2.75, 3.05) is 42.6 Å². The number of allylic oxidation sites excluding steroid dienone is 5. The highest BCUT2D eigenvalue weighted by Gasteiger charge is 2.44. The number of benzene rings is 2. The first-order valence-corrected chi connectivity index (χ1v) is 18.0. The number of aliphatic carboxylic acids is 1. The van der Waals surface area contributed by atoms with Crippen molar-refractivity contribution in [3.63, 3.8) is 0 Å². The third-order valence-electron chi connectivity index (χ3n) is 8.78. The molecule has 2 saturated heterocycles. The molecule has 0 radical (unpaired) electrons. The summed E-state index contributed by atoms with van der Waals surface area (Å²) < 4.78 is 2.42. The number of nitrogens with zero attached hydrogens (tertiary/aromatic N) is 2. The molecule has 2 fully saturated rings. The first-order chi connectivity index (χ1) is 19.4. The predicted molar refractivity (Wildman–Crippen MR) is 163 cm³/mol. The van der Waals surface area contributed by atoms with Gasteiger partial charge in [0.2, 0.25) is 0 Å². The molecule has 40 heavy (non-hydrogen) atoms. The molecule has 0 aromatic heterocycles. The van der Waals surface area contributed by atoms with E-state index >= 15 is 0 Å². The predicted octanol–water partition coefficient (Wildman–Crippen LogP) is 3.46. The van der Waals surface area contributed by atoms with Crippen molar-refractivity contribution in [2.24, 2.45) is 0 Å². The molecule has 4 aliphatic rings. The standard InChI is InChI=1S/C32H34N2O4SSi/c1-40(18-6-17-39-21-30(35)36)28-19-22(33-13-4-14-33)9-11-26(28)31(24-7-2-3-8-25(24)32(37)38)27-12-10-23(20-29(27)40)34-15-5-16-34/h2-3,7-12,19-20H,4-6,13-18,21H2,1H3,(H-,35,36,37,38). The molecule has 1 N–H and O–H groups in total. The number of aromatic carboxylic acids is 1. The number of carbonyl (C=O) groups excluding carboxylic acids is 1. The van der Waals surface area contributed by atoms with E-state index in [1.807, 2.05) is 12.1 Å².